The van der Waals surface area contributed by atoms with Crippen molar-refractivity contribution in [3.8, 4) is 11.5 Å². The van der Waals surface area contributed by atoms with E-state index in [1.807, 2.05) is 24.3 Å². The van der Waals surface area contributed by atoms with Crippen molar-refractivity contribution in [1.29, 1.82) is 0 Å². The zero-order valence-electron chi connectivity index (χ0n) is 14.1. The largest absolute Gasteiger partial charge is 0.496 e. The molecule has 0 aliphatic rings. The first-order valence-corrected chi connectivity index (χ1v) is 7.73. The summed E-state index contributed by atoms with van der Waals surface area (Å²) >= 11 is 0. The second-order valence-electron chi connectivity index (χ2n) is 5.42. The van der Waals surface area contributed by atoms with Gasteiger partial charge in [0, 0.05) is 5.69 Å². The molecule has 0 saturated carbocycles. The number of hydrogen-bond donors (Lipinski definition) is 1. The van der Waals surface area contributed by atoms with E-state index < -0.39 is 0 Å². The molecule has 2 rings (SSSR count). The van der Waals surface area contributed by atoms with Gasteiger partial charge in [0.1, 0.15) is 17.1 Å². The molecule has 2 aromatic rings. The highest BCUT2D eigenvalue weighted by Gasteiger charge is 2.18. The van der Waals surface area contributed by atoms with Crippen LogP contribution in [0.1, 0.15) is 42.1 Å². The summed E-state index contributed by atoms with van der Waals surface area (Å²) in [5.74, 6) is 1.22. The lowest BCUT2D eigenvalue weighted by Gasteiger charge is -2.14. The molecule has 0 aromatic heterocycles. The van der Waals surface area contributed by atoms with Gasteiger partial charge in [0.05, 0.1) is 14.2 Å². The molecule has 0 heterocycles. The Kier molecular flexibility index (Phi) is 5.63. The van der Waals surface area contributed by atoms with E-state index in [-0.39, 0.29) is 5.91 Å². The van der Waals surface area contributed by atoms with Crippen LogP contribution < -0.4 is 14.8 Å². The van der Waals surface area contributed by atoms with E-state index in [1.54, 1.807) is 18.2 Å². The van der Waals surface area contributed by atoms with Gasteiger partial charge in [-0.15, -0.1) is 0 Å². The number of carbonyl (C=O) groups excluding carboxylic acids is 1. The molecule has 1 unspecified atom stereocenters. The van der Waals surface area contributed by atoms with Crippen molar-refractivity contribution in [2.24, 2.45) is 0 Å². The predicted molar refractivity (Wildman–Crippen MR) is 92.6 cm³/mol. The SMILES string of the molecule is CCC(C)c1ccc(NC(=O)c2c(OC)cccc2OC)cc1. The number of nitrogens with one attached hydrogen (secondary N) is 1. The number of rotatable bonds is 6. The molecule has 122 valence electrons. The van der Waals surface area contributed by atoms with E-state index in [0.717, 1.165) is 12.1 Å². The molecule has 1 N–H and O–H groups in total. The maximum absolute atomic E-state index is 12.6. The molecular formula is C19H23NO3. The topological polar surface area (TPSA) is 47.6 Å². The molecule has 0 aliphatic heterocycles. The lowest BCUT2D eigenvalue weighted by Crippen LogP contribution is -2.14. The van der Waals surface area contributed by atoms with Gasteiger partial charge in [-0.3, -0.25) is 4.79 Å². The number of amides is 1. The van der Waals surface area contributed by atoms with Crippen molar-refractivity contribution < 1.29 is 14.3 Å². The Labute approximate surface area is 137 Å². The summed E-state index contributed by atoms with van der Waals surface area (Å²) in [4.78, 5) is 12.6. The Balaban J connectivity index is 2.22. The Morgan fingerprint density at radius 1 is 1.04 bits per heavy atom. The maximum atomic E-state index is 12.6. The van der Waals surface area contributed by atoms with Crippen LogP contribution in [0.15, 0.2) is 42.5 Å². The van der Waals surface area contributed by atoms with Crippen LogP contribution in [-0.2, 0) is 0 Å². The maximum Gasteiger partial charge on any atom is 0.263 e. The van der Waals surface area contributed by atoms with E-state index in [0.29, 0.717) is 23.0 Å². The third-order valence-electron chi connectivity index (χ3n) is 4.00. The Hall–Kier alpha value is -2.49. The summed E-state index contributed by atoms with van der Waals surface area (Å²) in [7, 11) is 3.07. The van der Waals surface area contributed by atoms with Crippen LogP contribution in [-0.4, -0.2) is 20.1 Å². The van der Waals surface area contributed by atoms with Crippen LogP contribution in [0.5, 0.6) is 11.5 Å². The minimum absolute atomic E-state index is 0.254. The molecule has 4 nitrogen and oxygen atoms in total. The van der Waals surface area contributed by atoms with Gasteiger partial charge in [0.25, 0.3) is 5.91 Å². The van der Waals surface area contributed by atoms with Gasteiger partial charge >= 0.3 is 0 Å². The minimum atomic E-state index is -0.254. The van der Waals surface area contributed by atoms with Crippen molar-refractivity contribution in [2.75, 3.05) is 19.5 Å². The van der Waals surface area contributed by atoms with Gasteiger partial charge in [-0.1, -0.05) is 32.0 Å². The molecule has 0 aliphatic carbocycles. The summed E-state index contributed by atoms with van der Waals surface area (Å²) in [6, 6.07) is 13.2. The fourth-order valence-corrected chi connectivity index (χ4v) is 2.40. The van der Waals surface area contributed by atoms with Gasteiger partial charge in [0.15, 0.2) is 0 Å². The second kappa shape index (κ2) is 7.68. The molecule has 0 bridgehead atoms. The van der Waals surface area contributed by atoms with Gasteiger partial charge < -0.3 is 14.8 Å². The first-order chi connectivity index (χ1) is 11.1. The average molecular weight is 313 g/mol. The normalized spacial score (nSPS) is 11.7. The molecule has 1 atom stereocenters. The smallest absolute Gasteiger partial charge is 0.263 e. The zero-order valence-corrected chi connectivity index (χ0v) is 14.1. The summed E-state index contributed by atoms with van der Waals surface area (Å²) in [6.07, 6.45) is 1.09. The average Bonchev–Trinajstić information content (AvgIpc) is 2.60. The van der Waals surface area contributed by atoms with Crippen LogP contribution in [0.25, 0.3) is 0 Å². The molecule has 2 aromatic carbocycles. The van der Waals surface area contributed by atoms with Crippen molar-refractivity contribution in [3.05, 3.63) is 53.6 Å². The molecule has 0 fully saturated rings. The van der Waals surface area contributed by atoms with Crippen molar-refractivity contribution in [1.82, 2.24) is 0 Å². The highest BCUT2D eigenvalue weighted by Crippen LogP contribution is 2.29. The van der Waals surface area contributed by atoms with Crippen LogP contribution in [0.4, 0.5) is 5.69 Å². The first kappa shape index (κ1) is 16.9. The monoisotopic (exact) mass is 313 g/mol. The van der Waals surface area contributed by atoms with Gasteiger partial charge in [-0.25, -0.2) is 0 Å². The highest BCUT2D eigenvalue weighted by atomic mass is 16.5. The summed E-state index contributed by atoms with van der Waals surface area (Å²) < 4.78 is 10.5. The van der Waals surface area contributed by atoms with Crippen molar-refractivity contribution in [3.63, 3.8) is 0 Å². The van der Waals surface area contributed by atoms with Crippen LogP contribution in [0.2, 0.25) is 0 Å². The van der Waals surface area contributed by atoms with E-state index in [1.165, 1.54) is 19.8 Å². The molecule has 1 amide bonds. The van der Waals surface area contributed by atoms with Gasteiger partial charge in [-0.05, 0) is 42.2 Å². The number of carbonyl (C=O) groups is 1. The standard InChI is InChI=1S/C19H23NO3/c1-5-13(2)14-9-11-15(12-10-14)20-19(21)18-16(22-3)7-6-8-17(18)23-4/h6-13H,5H2,1-4H3,(H,20,21). The number of benzene rings is 2. The predicted octanol–water partition coefficient (Wildman–Crippen LogP) is 4.47. The van der Waals surface area contributed by atoms with E-state index in [2.05, 4.69) is 19.2 Å². The molecule has 0 radical (unpaired) electrons. The molecular weight excluding hydrogens is 290 g/mol. The molecule has 0 spiro atoms. The van der Waals surface area contributed by atoms with Crippen molar-refractivity contribution >= 4 is 11.6 Å². The lowest BCUT2D eigenvalue weighted by molar-refractivity contribution is 0.102. The van der Waals surface area contributed by atoms with Gasteiger partial charge in [0.2, 0.25) is 0 Å². The first-order valence-electron chi connectivity index (χ1n) is 7.73. The number of anilines is 1. The third-order valence-corrected chi connectivity index (χ3v) is 4.00. The number of hydrogen-bond acceptors (Lipinski definition) is 3. The molecule has 4 heteroatoms. The van der Waals surface area contributed by atoms with Gasteiger partial charge in [-0.2, -0.15) is 0 Å². The summed E-state index contributed by atoms with van der Waals surface area (Å²) in [5.41, 5.74) is 2.40. The van der Waals surface area contributed by atoms with E-state index in [4.69, 9.17) is 9.47 Å². The second-order valence-corrected chi connectivity index (χ2v) is 5.42. The molecule has 23 heavy (non-hydrogen) atoms. The van der Waals surface area contributed by atoms with E-state index in [9.17, 15) is 4.79 Å². The lowest BCUT2D eigenvalue weighted by atomic mass is 9.98. The fraction of sp³-hybridized carbons (Fsp3) is 0.316. The number of ether oxygens (including phenoxy) is 2. The number of methoxy groups -OCH3 is 2. The quantitative estimate of drug-likeness (QED) is 0.856. The highest BCUT2D eigenvalue weighted by molar-refractivity contribution is 6.08. The Morgan fingerprint density at radius 2 is 1.61 bits per heavy atom. The Morgan fingerprint density at radius 3 is 2.09 bits per heavy atom. The Bertz CT molecular complexity index is 643. The van der Waals surface area contributed by atoms with Crippen LogP contribution in [0.3, 0.4) is 0 Å². The summed E-state index contributed by atoms with van der Waals surface area (Å²) in [6.45, 7) is 4.35. The van der Waals surface area contributed by atoms with Crippen LogP contribution in [0, 0.1) is 0 Å². The zero-order chi connectivity index (χ0) is 16.8. The van der Waals surface area contributed by atoms with E-state index >= 15 is 0 Å². The third kappa shape index (κ3) is 3.83. The molecule has 0 saturated heterocycles. The summed E-state index contributed by atoms with van der Waals surface area (Å²) in [5, 5.41) is 2.89. The minimum Gasteiger partial charge on any atom is -0.496 e. The fourth-order valence-electron chi connectivity index (χ4n) is 2.40. The van der Waals surface area contributed by atoms with Crippen LogP contribution >= 0.6 is 0 Å². The van der Waals surface area contributed by atoms with Crippen molar-refractivity contribution in [2.45, 2.75) is 26.2 Å².